The Hall–Kier alpha value is -1.65. The van der Waals surface area contributed by atoms with Gasteiger partial charge < -0.3 is 11.1 Å². The molecule has 0 saturated heterocycles. The molecule has 1 amide bonds. The largest absolute Gasteiger partial charge is 0.405 e. The molecule has 0 saturated carbocycles. The second-order valence-electron chi connectivity index (χ2n) is 6.45. The van der Waals surface area contributed by atoms with Crippen molar-refractivity contribution >= 4 is 15.9 Å². The standard InChI is InChI=1S/C15H22F3N3O3S/c1-14(2,8-19)10-21(3)25(23,24)12-6-4-11(5-7-12)13(22)20-9-15(16,17)18/h4-7H,8-10,19H2,1-3H3,(H,20,22). The van der Waals surface area contributed by atoms with Crippen LogP contribution in [0.15, 0.2) is 29.2 Å². The molecule has 0 aliphatic rings. The molecule has 142 valence electrons. The van der Waals surface area contributed by atoms with E-state index in [1.807, 2.05) is 13.8 Å². The molecule has 0 aliphatic heterocycles. The first-order valence-electron chi connectivity index (χ1n) is 7.40. The van der Waals surface area contributed by atoms with Gasteiger partial charge in [-0.1, -0.05) is 13.8 Å². The highest BCUT2D eigenvalue weighted by molar-refractivity contribution is 7.89. The second-order valence-corrected chi connectivity index (χ2v) is 8.50. The lowest BCUT2D eigenvalue weighted by atomic mass is 9.94. The van der Waals surface area contributed by atoms with Crippen LogP contribution in [0.25, 0.3) is 0 Å². The molecular weight excluding hydrogens is 359 g/mol. The number of benzene rings is 1. The molecule has 1 aromatic rings. The van der Waals surface area contributed by atoms with Gasteiger partial charge in [-0.25, -0.2) is 12.7 Å². The van der Waals surface area contributed by atoms with E-state index in [2.05, 4.69) is 0 Å². The van der Waals surface area contributed by atoms with E-state index in [0.29, 0.717) is 6.54 Å². The van der Waals surface area contributed by atoms with Crippen LogP contribution in [-0.2, 0) is 10.0 Å². The average molecular weight is 381 g/mol. The summed E-state index contributed by atoms with van der Waals surface area (Å²) in [6, 6.07) is 4.70. The van der Waals surface area contributed by atoms with Gasteiger partial charge in [-0.15, -0.1) is 0 Å². The number of carbonyl (C=O) groups is 1. The van der Waals surface area contributed by atoms with Gasteiger partial charge in [0.05, 0.1) is 4.90 Å². The van der Waals surface area contributed by atoms with Crippen LogP contribution in [-0.4, -0.2) is 51.5 Å². The summed E-state index contributed by atoms with van der Waals surface area (Å²) < 4.78 is 62.4. The molecule has 0 aromatic heterocycles. The van der Waals surface area contributed by atoms with Crippen molar-refractivity contribution < 1.29 is 26.4 Å². The maximum atomic E-state index is 12.5. The van der Waals surface area contributed by atoms with Crippen molar-refractivity contribution in [1.82, 2.24) is 9.62 Å². The molecule has 0 atom stereocenters. The molecule has 10 heteroatoms. The third-order valence-electron chi connectivity index (χ3n) is 3.48. The molecule has 0 spiro atoms. The van der Waals surface area contributed by atoms with E-state index >= 15 is 0 Å². The van der Waals surface area contributed by atoms with Gasteiger partial charge in [0.1, 0.15) is 6.54 Å². The van der Waals surface area contributed by atoms with E-state index in [4.69, 9.17) is 5.73 Å². The van der Waals surface area contributed by atoms with E-state index in [1.54, 1.807) is 5.32 Å². The smallest absolute Gasteiger partial charge is 0.343 e. The van der Waals surface area contributed by atoms with E-state index in [0.717, 1.165) is 4.31 Å². The summed E-state index contributed by atoms with van der Waals surface area (Å²) in [6.45, 7) is 2.69. The van der Waals surface area contributed by atoms with Crippen molar-refractivity contribution in [2.24, 2.45) is 11.1 Å². The van der Waals surface area contributed by atoms with Crippen LogP contribution in [0, 0.1) is 5.41 Å². The number of carbonyl (C=O) groups excluding carboxylic acids is 1. The van der Waals surface area contributed by atoms with Crippen molar-refractivity contribution in [3.8, 4) is 0 Å². The highest BCUT2D eigenvalue weighted by Crippen LogP contribution is 2.21. The number of sulfonamides is 1. The number of amides is 1. The van der Waals surface area contributed by atoms with Gasteiger partial charge in [0.25, 0.3) is 5.91 Å². The zero-order chi connectivity index (χ0) is 19.5. The first-order valence-corrected chi connectivity index (χ1v) is 8.84. The van der Waals surface area contributed by atoms with Crippen molar-refractivity contribution in [2.45, 2.75) is 24.9 Å². The molecule has 1 aromatic carbocycles. The normalized spacial score (nSPS) is 13.1. The quantitative estimate of drug-likeness (QED) is 0.750. The number of nitrogens with zero attached hydrogens (tertiary/aromatic N) is 1. The minimum absolute atomic E-state index is 0.0600. The number of alkyl halides is 3. The molecule has 1 rings (SSSR count). The van der Waals surface area contributed by atoms with Crippen LogP contribution >= 0.6 is 0 Å². The Labute approximate surface area is 145 Å². The van der Waals surface area contributed by atoms with Gasteiger partial charge >= 0.3 is 6.18 Å². The van der Waals surface area contributed by atoms with Crippen molar-refractivity contribution in [3.05, 3.63) is 29.8 Å². The lowest BCUT2D eigenvalue weighted by Gasteiger charge is -2.28. The highest BCUT2D eigenvalue weighted by Gasteiger charge is 2.29. The van der Waals surface area contributed by atoms with E-state index in [9.17, 15) is 26.4 Å². The molecule has 0 bridgehead atoms. The van der Waals surface area contributed by atoms with Gasteiger partial charge in [0.15, 0.2) is 0 Å². The summed E-state index contributed by atoms with van der Waals surface area (Å²) >= 11 is 0. The fraction of sp³-hybridized carbons (Fsp3) is 0.533. The molecule has 3 N–H and O–H groups in total. The summed E-state index contributed by atoms with van der Waals surface area (Å²) in [6.07, 6.45) is -4.52. The van der Waals surface area contributed by atoms with Crippen LogP contribution in [0.2, 0.25) is 0 Å². The lowest BCUT2D eigenvalue weighted by Crippen LogP contribution is -2.39. The van der Waals surface area contributed by atoms with Gasteiger partial charge in [-0.05, 0) is 36.2 Å². The molecular formula is C15H22F3N3O3S. The van der Waals surface area contributed by atoms with Crippen LogP contribution in [0.4, 0.5) is 13.2 Å². The van der Waals surface area contributed by atoms with Crippen LogP contribution in [0.1, 0.15) is 24.2 Å². The molecule has 0 aliphatic carbocycles. The Balaban J connectivity index is 2.89. The fourth-order valence-electron chi connectivity index (χ4n) is 1.99. The Kier molecular flexibility index (Phi) is 6.60. The van der Waals surface area contributed by atoms with Crippen LogP contribution in [0.3, 0.4) is 0 Å². The maximum absolute atomic E-state index is 12.5. The first-order chi connectivity index (χ1) is 11.3. The summed E-state index contributed by atoms with van der Waals surface area (Å²) in [4.78, 5) is 11.6. The highest BCUT2D eigenvalue weighted by atomic mass is 32.2. The van der Waals surface area contributed by atoms with Crippen LogP contribution in [0.5, 0.6) is 0 Å². The molecule has 25 heavy (non-hydrogen) atoms. The monoisotopic (exact) mass is 381 g/mol. The van der Waals surface area contributed by atoms with E-state index in [-0.39, 0.29) is 17.0 Å². The Morgan fingerprint density at radius 2 is 1.72 bits per heavy atom. The van der Waals surface area contributed by atoms with Gasteiger partial charge in [0.2, 0.25) is 10.0 Å². The van der Waals surface area contributed by atoms with E-state index < -0.39 is 34.1 Å². The average Bonchev–Trinajstić information content (AvgIpc) is 2.51. The second kappa shape index (κ2) is 7.71. The Bertz CT molecular complexity index is 701. The Morgan fingerprint density at radius 3 is 2.16 bits per heavy atom. The zero-order valence-electron chi connectivity index (χ0n) is 14.2. The SMILES string of the molecule is CN(CC(C)(C)CN)S(=O)(=O)c1ccc(C(=O)NCC(F)(F)F)cc1. The summed E-state index contributed by atoms with van der Waals surface area (Å²) in [7, 11) is -2.38. The predicted molar refractivity (Wildman–Crippen MR) is 87.5 cm³/mol. The number of hydrogen-bond acceptors (Lipinski definition) is 4. The zero-order valence-corrected chi connectivity index (χ0v) is 15.0. The number of halogens is 3. The molecule has 0 unspecified atom stereocenters. The van der Waals surface area contributed by atoms with E-state index in [1.165, 1.54) is 31.3 Å². The first kappa shape index (κ1) is 21.4. The number of nitrogens with one attached hydrogen (secondary N) is 1. The predicted octanol–water partition coefficient (Wildman–Crippen LogP) is 1.58. The topological polar surface area (TPSA) is 92.5 Å². The summed E-state index contributed by atoms with van der Waals surface area (Å²) in [5.74, 6) is -0.932. The van der Waals surface area contributed by atoms with Crippen LogP contribution < -0.4 is 11.1 Å². The van der Waals surface area contributed by atoms with Crippen molar-refractivity contribution in [3.63, 3.8) is 0 Å². The maximum Gasteiger partial charge on any atom is 0.405 e. The van der Waals surface area contributed by atoms with Gasteiger partial charge in [0, 0.05) is 19.2 Å². The number of rotatable bonds is 7. The number of hydrogen-bond donors (Lipinski definition) is 2. The summed E-state index contributed by atoms with van der Waals surface area (Å²) in [5, 5.41) is 1.72. The Morgan fingerprint density at radius 1 is 1.20 bits per heavy atom. The third-order valence-corrected chi connectivity index (χ3v) is 5.29. The molecule has 0 fully saturated rings. The molecule has 0 radical (unpaired) electrons. The molecule has 6 nitrogen and oxygen atoms in total. The van der Waals surface area contributed by atoms with Gasteiger partial charge in [-0.3, -0.25) is 4.79 Å². The lowest BCUT2D eigenvalue weighted by molar-refractivity contribution is -0.123. The van der Waals surface area contributed by atoms with Crippen molar-refractivity contribution in [1.29, 1.82) is 0 Å². The summed E-state index contributed by atoms with van der Waals surface area (Å²) in [5.41, 5.74) is 5.12. The minimum Gasteiger partial charge on any atom is -0.343 e. The van der Waals surface area contributed by atoms with Crippen molar-refractivity contribution in [2.75, 3.05) is 26.7 Å². The van der Waals surface area contributed by atoms with Gasteiger partial charge in [-0.2, -0.15) is 13.2 Å². The minimum atomic E-state index is -4.52. The fourth-order valence-corrected chi connectivity index (χ4v) is 3.35. The third kappa shape index (κ3) is 6.29. The molecule has 0 heterocycles. The number of nitrogens with two attached hydrogens (primary N) is 1.